The Hall–Kier alpha value is -4.82. The summed E-state index contributed by atoms with van der Waals surface area (Å²) in [6.07, 6.45) is 21.7. The topological polar surface area (TPSA) is 165 Å². The molecule has 0 aliphatic rings. The summed E-state index contributed by atoms with van der Waals surface area (Å²) in [6.45, 7) is 0. The van der Waals surface area contributed by atoms with Gasteiger partial charge in [0.1, 0.15) is 23.9 Å². The van der Waals surface area contributed by atoms with Crippen molar-refractivity contribution in [1.29, 1.82) is 0 Å². The highest BCUT2D eigenvalue weighted by Crippen LogP contribution is 2.13. The summed E-state index contributed by atoms with van der Waals surface area (Å²) >= 11 is 0. The van der Waals surface area contributed by atoms with Crippen LogP contribution in [-0.2, 0) is 0 Å². The van der Waals surface area contributed by atoms with Crippen molar-refractivity contribution in [3.63, 3.8) is 0 Å². The maximum atomic E-state index is 4.29. The van der Waals surface area contributed by atoms with Crippen LogP contribution >= 0.6 is 0 Å². The van der Waals surface area contributed by atoms with Gasteiger partial charge in [0.15, 0.2) is 0 Å². The maximum Gasteiger partial charge on any atom is 1.00 e. The average molecular weight is 432 g/mol. The third-order valence-electron chi connectivity index (χ3n) is 5.08. The molecule has 0 fully saturated rings. The first-order valence-corrected chi connectivity index (χ1v) is 9.10. The fraction of sp³-hybridized carbons (Fsp3) is 0. The van der Waals surface area contributed by atoms with Crippen LogP contribution in [0.25, 0.3) is 34.4 Å². The molecule has 0 unspecified atom stereocenters. The van der Waals surface area contributed by atoms with E-state index in [0.29, 0.717) is 0 Å². The molecular weight excluding hydrogens is 416 g/mol. The van der Waals surface area contributed by atoms with Crippen molar-refractivity contribution in [2.24, 2.45) is 0 Å². The first-order valence-electron chi connectivity index (χ1n) is 9.10. The maximum absolute atomic E-state index is 4.29. The molecule has 0 atom stereocenters. The predicted molar refractivity (Wildman–Crippen MR) is 112 cm³/mol. The second kappa shape index (κ2) is 6.86. The van der Waals surface area contributed by atoms with Gasteiger partial charge in [0.2, 0.25) is 23.1 Å². The summed E-state index contributed by atoms with van der Waals surface area (Å²) in [5.74, 6) is 3.33. The number of rotatable bonds is 0. The molecular formula is C18H16N12O2. The van der Waals surface area contributed by atoms with E-state index < -0.39 is 0 Å². The lowest BCUT2D eigenvalue weighted by Crippen LogP contribution is -2.01. The molecule has 0 aliphatic heterocycles. The van der Waals surface area contributed by atoms with Gasteiger partial charge in [-0.15, -0.1) is 0 Å². The monoisotopic (exact) mass is 432 g/mol. The molecule has 0 amide bonds. The molecule has 8 heterocycles. The van der Waals surface area contributed by atoms with E-state index in [0.717, 1.165) is 34.4 Å². The Morgan fingerprint density at radius 2 is 0.844 bits per heavy atom. The molecule has 8 aromatic heterocycles. The zero-order valence-electron chi connectivity index (χ0n) is 17.2. The van der Waals surface area contributed by atoms with Crippen LogP contribution in [0, 0.1) is 0 Å². The van der Waals surface area contributed by atoms with Crippen molar-refractivity contribution < 1.29 is 12.4 Å². The molecule has 160 valence electrons. The Bertz CT molecular complexity index is 1310. The van der Waals surface area contributed by atoms with Gasteiger partial charge in [0.05, 0.1) is 12.4 Å². The van der Waals surface area contributed by atoms with Crippen LogP contribution in [-0.4, -0.2) is 67.3 Å². The van der Waals surface area contributed by atoms with Gasteiger partial charge < -0.3 is 11.0 Å². The van der Waals surface area contributed by atoms with Crippen LogP contribution < -0.4 is 0 Å². The van der Waals surface area contributed by atoms with E-state index in [1.165, 1.54) is 0 Å². The molecule has 14 heteroatoms. The minimum atomic E-state index is 0. The minimum absolute atomic E-state index is 0. The second-order valence-electron chi connectivity index (χ2n) is 6.63. The van der Waals surface area contributed by atoms with Crippen LogP contribution in [0.3, 0.4) is 0 Å². The quantitative estimate of drug-likeness (QED) is 0.334. The minimum Gasteiger partial charge on any atom is -0.870 e. The van der Waals surface area contributed by atoms with Crippen molar-refractivity contribution >= 4 is 34.4 Å². The molecule has 8 aromatic rings. The van der Waals surface area contributed by atoms with E-state index in [4.69, 9.17) is 0 Å². The van der Waals surface area contributed by atoms with Crippen molar-refractivity contribution in [2.45, 2.75) is 0 Å². The van der Waals surface area contributed by atoms with Crippen LogP contribution in [0.4, 0.5) is 0 Å². The normalized spacial score (nSPS) is 11.2. The molecule has 0 radical (unpaired) electrons. The second-order valence-corrected chi connectivity index (χ2v) is 6.63. The van der Waals surface area contributed by atoms with Crippen molar-refractivity contribution in [3.8, 4) is 0 Å². The fourth-order valence-corrected chi connectivity index (χ4v) is 3.81. The molecule has 0 aliphatic carbocycles. The number of aromatic nitrogens is 12. The SMILES string of the molecule is O.[H+].[OH-].c1cn2c3cncn3c3nccn3c2n1.c1cn2c3cncn3c3nccn3c2n1. The van der Waals surface area contributed by atoms with E-state index >= 15 is 0 Å². The molecule has 32 heavy (non-hydrogen) atoms. The fourth-order valence-electron chi connectivity index (χ4n) is 3.81. The van der Waals surface area contributed by atoms with E-state index in [-0.39, 0.29) is 12.4 Å². The van der Waals surface area contributed by atoms with Crippen LogP contribution in [0.2, 0.25) is 0 Å². The van der Waals surface area contributed by atoms with Gasteiger partial charge in [-0.3, -0.25) is 26.4 Å². The third-order valence-corrected chi connectivity index (χ3v) is 5.08. The lowest BCUT2D eigenvalue weighted by molar-refractivity contribution is 0.823. The molecule has 0 aromatic carbocycles. The van der Waals surface area contributed by atoms with E-state index in [9.17, 15) is 0 Å². The zero-order valence-corrected chi connectivity index (χ0v) is 16.2. The Morgan fingerprint density at radius 3 is 1.25 bits per heavy atom. The standard InChI is InChI=1S/2C9H6N6.2H2O/c2*1-3-13-7-5-10-6-15(7)9-12-2-4-14(9)8(13)11-1;;/h2*1-6H;2*1H2. The summed E-state index contributed by atoms with van der Waals surface area (Å²) in [6, 6.07) is 0. The highest BCUT2D eigenvalue weighted by Gasteiger charge is 2.09. The lowest BCUT2D eigenvalue weighted by Gasteiger charge is -2.01. The number of hydrogen-bond donors (Lipinski definition) is 0. The van der Waals surface area contributed by atoms with Crippen molar-refractivity contribution in [1.82, 2.24) is 56.3 Å². The molecule has 3 N–H and O–H groups in total. The molecule has 0 saturated heterocycles. The number of nitrogens with zero attached hydrogens (tertiary/aromatic N) is 12. The first kappa shape index (κ1) is 19.2. The van der Waals surface area contributed by atoms with Gasteiger partial charge in [-0.1, -0.05) is 0 Å². The Morgan fingerprint density at radius 1 is 0.500 bits per heavy atom. The summed E-state index contributed by atoms with van der Waals surface area (Å²) < 4.78 is 11.6. The largest absolute Gasteiger partial charge is 1.00 e. The van der Waals surface area contributed by atoms with Gasteiger partial charge in [-0.05, 0) is 0 Å². The number of imidazole rings is 6. The predicted octanol–water partition coefficient (Wildman–Crippen LogP) is 0.370. The van der Waals surface area contributed by atoms with Crippen LogP contribution in [0.5, 0.6) is 0 Å². The molecule has 14 nitrogen and oxygen atoms in total. The van der Waals surface area contributed by atoms with Crippen LogP contribution in [0.1, 0.15) is 1.43 Å². The van der Waals surface area contributed by atoms with Crippen molar-refractivity contribution in [3.05, 3.63) is 74.6 Å². The Balaban J connectivity index is 0.000000144. The van der Waals surface area contributed by atoms with E-state index in [1.807, 2.05) is 51.2 Å². The number of fused-ring (bicyclic) bond motifs is 12. The van der Waals surface area contributed by atoms with Crippen LogP contribution in [0.15, 0.2) is 74.6 Å². The smallest absolute Gasteiger partial charge is 0.870 e. The van der Waals surface area contributed by atoms with Crippen molar-refractivity contribution in [2.75, 3.05) is 0 Å². The van der Waals surface area contributed by atoms with Gasteiger partial charge in [0.25, 0.3) is 0 Å². The number of hydrogen-bond acceptors (Lipinski definition) is 7. The van der Waals surface area contributed by atoms with Gasteiger partial charge in [-0.2, -0.15) is 0 Å². The third kappa shape index (κ3) is 2.35. The molecule has 0 spiro atoms. The summed E-state index contributed by atoms with van der Waals surface area (Å²) in [7, 11) is 0. The lowest BCUT2D eigenvalue weighted by atomic mass is 10.7. The highest BCUT2D eigenvalue weighted by molar-refractivity contribution is 5.56. The summed E-state index contributed by atoms with van der Waals surface area (Å²) in [5.41, 5.74) is 1.92. The summed E-state index contributed by atoms with van der Waals surface area (Å²) in [5, 5.41) is 0. The van der Waals surface area contributed by atoms with Gasteiger partial charge in [-0.25, -0.2) is 29.9 Å². The van der Waals surface area contributed by atoms with Gasteiger partial charge >= 0.3 is 1.43 Å². The summed E-state index contributed by atoms with van der Waals surface area (Å²) in [4.78, 5) is 25.4. The zero-order chi connectivity index (χ0) is 19.7. The van der Waals surface area contributed by atoms with E-state index in [2.05, 4.69) is 29.9 Å². The Labute approximate surface area is 178 Å². The first-order chi connectivity index (χ1) is 14.9. The van der Waals surface area contributed by atoms with Gasteiger partial charge in [0, 0.05) is 49.6 Å². The highest BCUT2D eigenvalue weighted by atomic mass is 16.0. The molecule has 0 bridgehead atoms. The van der Waals surface area contributed by atoms with E-state index in [1.54, 1.807) is 49.8 Å². The average Bonchev–Trinajstić information content (AvgIpc) is 3.56. The molecule has 0 saturated carbocycles. The Kier molecular flexibility index (Phi) is 4.11. The molecule has 8 rings (SSSR count).